The molecule has 0 aliphatic carbocycles. The first-order valence-corrected chi connectivity index (χ1v) is 9.44. The van der Waals surface area contributed by atoms with Gasteiger partial charge in [-0.05, 0) is 51.0 Å². The van der Waals surface area contributed by atoms with Crippen LogP contribution in [0.2, 0.25) is 0 Å². The van der Waals surface area contributed by atoms with Crippen molar-refractivity contribution in [2.75, 3.05) is 4.72 Å². The first-order chi connectivity index (χ1) is 10.8. The van der Waals surface area contributed by atoms with Crippen molar-refractivity contribution in [1.29, 1.82) is 0 Å². The van der Waals surface area contributed by atoms with E-state index in [0.29, 0.717) is 5.69 Å². The van der Waals surface area contributed by atoms with E-state index in [1.807, 2.05) is 23.6 Å². The zero-order valence-corrected chi connectivity index (χ0v) is 14.9. The molecule has 0 amide bonds. The summed E-state index contributed by atoms with van der Waals surface area (Å²) in [5.74, 6) is 0. The van der Waals surface area contributed by atoms with Crippen molar-refractivity contribution in [2.24, 2.45) is 0 Å². The van der Waals surface area contributed by atoms with Gasteiger partial charge in [0.1, 0.15) is 0 Å². The molecule has 23 heavy (non-hydrogen) atoms. The Labute approximate surface area is 138 Å². The molecule has 2 rings (SSSR count). The van der Waals surface area contributed by atoms with Gasteiger partial charge in [-0.15, -0.1) is 0 Å². The molecule has 0 fully saturated rings. The Hall–Kier alpha value is -1.82. The zero-order valence-electron chi connectivity index (χ0n) is 14.1. The molecule has 1 aromatic carbocycles. The molecular weight excluding hydrogens is 310 g/mol. The van der Waals surface area contributed by atoms with Crippen LogP contribution in [0.4, 0.5) is 5.69 Å². The highest BCUT2D eigenvalue weighted by Crippen LogP contribution is 2.24. The van der Waals surface area contributed by atoms with E-state index in [9.17, 15) is 8.42 Å². The van der Waals surface area contributed by atoms with Gasteiger partial charge in [-0.2, -0.15) is 0 Å². The zero-order chi connectivity index (χ0) is 17.0. The van der Waals surface area contributed by atoms with Gasteiger partial charge in [0.05, 0.1) is 23.5 Å². The van der Waals surface area contributed by atoms with Crippen molar-refractivity contribution < 1.29 is 8.42 Å². The Kier molecular flexibility index (Phi) is 5.46. The number of nitrogens with zero attached hydrogens (tertiary/aromatic N) is 2. The van der Waals surface area contributed by atoms with E-state index in [4.69, 9.17) is 0 Å². The van der Waals surface area contributed by atoms with Crippen LogP contribution in [-0.2, 0) is 16.6 Å². The average molecular weight is 334 g/mol. The number of rotatable bonds is 7. The first kappa shape index (κ1) is 17.5. The van der Waals surface area contributed by atoms with Crippen LogP contribution in [0.1, 0.15) is 39.2 Å². The highest BCUT2D eigenvalue weighted by Gasteiger charge is 2.16. The molecule has 0 saturated heterocycles. The van der Waals surface area contributed by atoms with Crippen LogP contribution in [0.15, 0.2) is 24.5 Å². The lowest BCUT2D eigenvalue weighted by atomic mass is 10.1. The summed E-state index contributed by atoms with van der Waals surface area (Å²) in [5.41, 5.74) is 3.13. The average Bonchev–Trinajstić information content (AvgIpc) is 2.92. The largest absolute Gasteiger partial charge is 0.329 e. The lowest BCUT2D eigenvalue weighted by Gasteiger charge is -2.12. The molecule has 1 aromatic heterocycles. The summed E-state index contributed by atoms with van der Waals surface area (Å²) in [6.45, 7) is 8.28. The number of imidazole rings is 1. The fourth-order valence-corrected chi connectivity index (χ4v) is 2.85. The smallest absolute Gasteiger partial charge is 0.235 e. The Morgan fingerprint density at radius 2 is 2.04 bits per heavy atom. The van der Waals surface area contributed by atoms with Gasteiger partial charge in [-0.1, -0.05) is 13.3 Å². The molecule has 1 radical (unpaired) electrons. The molecule has 0 bridgehead atoms. The van der Waals surface area contributed by atoms with Gasteiger partial charge in [-0.3, -0.25) is 4.72 Å². The van der Waals surface area contributed by atoms with Crippen LogP contribution in [-0.4, -0.2) is 23.2 Å². The van der Waals surface area contributed by atoms with Crippen LogP contribution in [0.25, 0.3) is 11.3 Å². The number of hydrogen-bond donors (Lipinski definition) is 1. The molecule has 0 aliphatic rings. The van der Waals surface area contributed by atoms with Crippen LogP contribution in [0.3, 0.4) is 0 Å². The third-order valence-electron chi connectivity index (χ3n) is 3.56. The Morgan fingerprint density at radius 1 is 1.30 bits per heavy atom. The van der Waals surface area contributed by atoms with Gasteiger partial charge in [0.2, 0.25) is 10.0 Å². The monoisotopic (exact) mass is 334 g/mol. The summed E-state index contributed by atoms with van der Waals surface area (Å²) in [5, 5.41) is -0.480. The number of nitrogens with one attached hydrogen (secondary N) is 1. The maximum absolute atomic E-state index is 12.0. The minimum Gasteiger partial charge on any atom is -0.329 e. The van der Waals surface area contributed by atoms with Crippen LogP contribution >= 0.6 is 0 Å². The minimum absolute atomic E-state index is 0.480. The summed E-state index contributed by atoms with van der Waals surface area (Å²) >= 11 is 0. The van der Waals surface area contributed by atoms with Crippen molar-refractivity contribution in [2.45, 2.75) is 52.3 Å². The third kappa shape index (κ3) is 4.58. The topological polar surface area (TPSA) is 64.0 Å². The molecule has 125 valence electrons. The molecule has 6 heteroatoms. The maximum atomic E-state index is 12.0. The van der Waals surface area contributed by atoms with Gasteiger partial charge >= 0.3 is 0 Å². The van der Waals surface area contributed by atoms with E-state index in [2.05, 4.69) is 22.8 Å². The first-order valence-electron chi connectivity index (χ1n) is 7.90. The number of benzene rings is 1. The van der Waals surface area contributed by atoms with E-state index < -0.39 is 15.3 Å². The molecule has 1 N–H and O–H groups in total. The fraction of sp³-hybridized carbons (Fsp3) is 0.471. The van der Waals surface area contributed by atoms with Crippen LogP contribution in [0, 0.1) is 13.1 Å². The van der Waals surface area contributed by atoms with Crippen molar-refractivity contribution >= 4 is 15.7 Å². The molecule has 0 aliphatic heterocycles. The van der Waals surface area contributed by atoms with Crippen molar-refractivity contribution in [1.82, 2.24) is 9.55 Å². The lowest BCUT2D eigenvalue weighted by Crippen LogP contribution is -2.22. The molecule has 0 atom stereocenters. The maximum Gasteiger partial charge on any atom is 0.235 e. The quantitative estimate of drug-likeness (QED) is 0.841. The number of aryl methyl sites for hydroxylation is 2. The number of anilines is 1. The van der Waals surface area contributed by atoms with Crippen molar-refractivity contribution in [3.05, 3.63) is 36.3 Å². The standard InChI is InChI=1S/C17H24N3O2S/c1-5-6-7-20-11-17(18-12-20)15-8-14(4)9-16(10-15)19-23(21,22)13(2)3/h8-10,12-13,19H,5-7H2,1-4H3. The second kappa shape index (κ2) is 7.17. The Morgan fingerprint density at radius 3 is 2.70 bits per heavy atom. The molecule has 0 saturated carbocycles. The van der Waals surface area contributed by atoms with Gasteiger partial charge in [0, 0.05) is 17.8 Å². The summed E-state index contributed by atoms with van der Waals surface area (Å²) < 4.78 is 28.7. The van der Waals surface area contributed by atoms with E-state index in [1.54, 1.807) is 26.2 Å². The van der Waals surface area contributed by atoms with Crippen LogP contribution < -0.4 is 4.72 Å². The van der Waals surface area contributed by atoms with E-state index in [1.165, 1.54) is 0 Å². The number of aromatic nitrogens is 2. The third-order valence-corrected chi connectivity index (χ3v) is 5.32. The molecule has 2 aromatic rings. The summed E-state index contributed by atoms with van der Waals surface area (Å²) in [6, 6.07) is 5.60. The normalized spacial score (nSPS) is 11.9. The molecule has 0 unspecified atom stereocenters. The predicted molar refractivity (Wildman–Crippen MR) is 93.8 cm³/mol. The summed E-state index contributed by atoms with van der Waals surface area (Å²) in [6.07, 6.45) is 7.20. The van der Waals surface area contributed by atoms with Crippen LogP contribution in [0.5, 0.6) is 0 Å². The van der Waals surface area contributed by atoms with E-state index in [0.717, 1.165) is 36.2 Å². The Bertz CT molecular complexity index is 764. The van der Waals surface area contributed by atoms with Gasteiger partial charge < -0.3 is 4.57 Å². The molecular formula is C17H24N3O2S. The van der Waals surface area contributed by atoms with Gasteiger partial charge in [0.25, 0.3) is 0 Å². The highest BCUT2D eigenvalue weighted by molar-refractivity contribution is 7.93. The minimum atomic E-state index is -3.36. The molecule has 1 heterocycles. The van der Waals surface area contributed by atoms with E-state index in [-0.39, 0.29) is 0 Å². The second-order valence-corrected chi connectivity index (χ2v) is 8.27. The Balaban J connectivity index is 2.28. The van der Waals surface area contributed by atoms with Crippen molar-refractivity contribution in [3.8, 4) is 11.3 Å². The number of hydrogen-bond acceptors (Lipinski definition) is 3. The van der Waals surface area contributed by atoms with E-state index >= 15 is 0 Å². The molecule has 0 spiro atoms. The van der Waals surface area contributed by atoms with Gasteiger partial charge in [0.15, 0.2) is 0 Å². The second-order valence-electron chi connectivity index (χ2n) is 6.04. The van der Waals surface area contributed by atoms with Crippen molar-refractivity contribution in [3.63, 3.8) is 0 Å². The summed E-state index contributed by atoms with van der Waals surface area (Å²) in [4.78, 5) is 4.38. The van der Waals surface area contributed by atoms with Gasteiger partial charge in [-0.25, -0.2) is 13.4 Å². The highest BCUT2D eigenvalue weighted by atomic mass is 32.2. The fourth-order valence-electron chi connectivity index (χ4n) is 2.16. The predicted octanol–water partition coefficient (Wildman–Crippen LogP) is 3.61. The summed E-state index contributed by atoms with van der Waals surface area (Å²) in [7, 11) is -3.36. The number of unbranched alkanes of at least 4 members (excludes halogenated alkanes) is 1. The lowest BCUT2D eigenvalue weighted by molar-refractivity contribution is 0.593. The number of sulfonamides is 1. The SMILES string of the molecule is CCCCn1[c]c(-c2cc(C)cc(NS(=O)(=O)C(C)C)c2)nc1. The molecule has 5 nitrogen and oxygen atoms in total.